The van der Waals surface area contributed by atoms with E-state index in [1.54, 1.807) is 12.1 Å². The number of nitrogens with zero attached hydrogens (tertiary/aromatic N) is 2. The summed E-state index contributed by atoms with van der Waals surface area (Å²) >= 11 is 4.42. The first-order valence-electron chi connectivity index (χ1n) is 9.86. The minimum absolute atomic E-state index is 0. The number of hydrogen-bond donors (Lipinski definition) is 2. The first kappa shape index (κ1) is 19.4. The number of anilines is 2. The van der Waals surface area contributed by atoms with Gasteiger partial charge in [-0.15, -0.1) is 0 Å². The Morgan fingerprint density at radius 3 is 2.79 bits per heavy atom. The second-order valence-corrected chi connectivity index (χ2v) is 8.46. The summed E-state index contributed by atoms with van der Waals surface area (Å²) in [5, 5.41) is 2.82. The van der Waals surface area contributed by atoms with E-state index in [1.165, 1.54) is 11.0 Å². The zero-order valence-corrected chi connectivity index (χ0v) is 16.9. The lowest BCUT2D eigenvalue weighted by Gasteiger charge is -2.50. The first-order chi connectivity index (χ1) is 13.4. The number of thiol groups is 1. The van der Waals surface area contributed by atoms with Crippen molar-refractivity contribution in [2.24, 2.45) is 11.3 Å². The third-order valence-electron chi connectivity index (χ3n) is 6.05. The van der Waals surface area contributed by atoms with Gasteiger partial charge in [-0.25, -0.2) is 9.18 Å². The minimum atomic E-state index is -0.512. The number of cyclic esters (lactones) is 1. The van der Waals surface area contributed by atoms with E-state index in [9.17, 15) is 14.0 Å². The Morgan fingerprint density at radius 1 is 1.43 bits per heavy atom. The molecule has 1 aliphatic carbocycles. The Hall–Kier alpha value is -1.96. The fourth-order valence-corrected chi connectivity index (χ4v) is 4.26. The van der Waals surface area contributed by atoms with Crippen LogP contribution in [-0.4, -0.2) is 50.0 Å². The third kappa shape index (κ3) is 3.66. The van der Waals surface area contributed by atoms with Crippen molar-refractivity contribution in [2.45, 2.75) is 32.3 Å². The molecular formula is C20H28FN3O3S. The van der Waals surface area contributed by atoms with Gasteiger partial charge in [-0.2, -0.15) is 12.6 Å². The van der Waals surface area contributed by atoms with Crippen molar-refractivity contribution in [3.05, 3.63) is 24.0 Å². The molecule has 3 aliphatic rings. The number of benzene rings is 1. The van der Waals surface area contributed by atoms with Crippen molar-refractivity contribution < 1.29 is 20.1 Å². The van der Waals surface area contributed by atoms with Crippen molar-refractivity contribution in [3.8, 4) is 0 Å². The van der Waals surface area contributed by atoms with Gasteiger partial charge in [0.15, 0.2) is 0 Å². The molecule has 0 aromatic heterocycles. The Kier molecular flexibility index (Phi) is 5.16. The van der Waals surface area contributed by atoms with Crippen LogP contribution in [0.4, 0.5) is 20.6 Å². The molecule has 2 amide bonds. The lowest BCUT2D eigenvalue weighted by Crippen LogP contribution is -2.57. The van der Waals surface area contributed by atoms with Gasteiger partial charge in [0.25, 0.3) is 0 Å². The van der Waals surface area contributed by atoms with Crippen LogP contribution in [0.15, 0.2) is 18.2 Å². The predicted octanol–water partition coefficient (Wildman–Crippen LogP) is 3.07. The number of halogens is 1. The van der Waals surface area contributed by atoms with E-state index in [0.29, 0.717) is 17.9 Å². The fraction of sp³-hybridized carbons (Fsp3) is 0.600. The summed E-state index contributed by atoms with van der Waals surface area (Å²) in [6, 6.07) is 4.85. The van der Waals surface area contributed by atoms with Crippen LogP contribution in [0.1, 0.15) is 27.6 Å². The van der Waals surface area contributed by atoms with Crippen molar-refractivity contribution in [1.82, 2.24) is 5.32 Å². The number of ether oxygens (including phenoxy) is 1. The van der Waals surface area contributed by atoms with Gasteiger partial charge in [0.05, 0.1) is 24.5 Å². The zero-order chi connectivity index (χ0) is 19.9. The molecule has 1 saturated carbocycles. The average Bonchev–Trinajstić information content (AvgIpc) is 3.44. The normalized spacial score (nSPS) is 23.4. The Morgan fingerprint density at radius 2 is 2.18 bits per heavy atom. The minimum Gasteiger partial charge on any atom is -0.442 e. The second kappa shape index (κ2) is 7.46. The summed E-state index contributed by atoms with van der Waals surface area (Å²) in [4.78, 5) is 27.4. The highest BCUT2D eigenvalue weighted by Gasteiger charge is 2.41. The molecule has 0 unspecified atom stereocenters. The topological polar surface area (TPSA) is 61.9 Å². The molecule has 154 valence electrons. The van der Waals surface area contributed by atoms with Gasteiger partial charge in [0.2, 0.25) is 5.91 Å². The van der Waals surface area contributed by atoms with Crippen LogP contribution in [0.25, 0.3) is 0 Å². The number of nitrogens with one attached hydrogen (secondary N) is 1. The van der Waals surface area contributed by atoms with Gasteiger partial charge >= 0.3 is 6.09 Å². The number of hydrogen-bond acceptors (Lipinski definition) is 5. The van der Waals surface area contributed by atoms with Crippen molar-refractivity contribution in [3.63, 3.8) is 0 Å². The van der Waals surface area contributed by atoms with Crippen LogP contribution in [0.5, 0.6) is 0 Å². The van der Waals surface area contributed by atoms with Gasteiger partial charge in [0.1, 0.15) is 11.9 Å². The summed E-state index contributed by atoms with van der Waals surface area (Å²) < 4.78 is 20.0. The largest absolute Gasteiger partial charge is 0.442 e. The first-order valence-corrected chi connectivity index (χ1v) is 10.5. The molecule has 0 radical (unpaired) electrons. The van der Waals surface area contributed by atoms with Crippen LogP contribution in [-0.2, 0) is 9.53 Å². The van der Waals surface area contributed by atoms with Crippen molar-refractivity contribution >= 4 is 36.0 Å². The van der Waals surface area contributed by atoms with Gasteiger partial charge in [-0.1, -0.05) is 6.92 Å². The molecule has 2 heterocycles. The summed E-state index contributed by atoms with van der Waals surface area (Å²) in [6.45, 7) is 4.30. The van der Waals surface area contributed by atoms with Gasteiger partial charge < -0.3 is 15.0 Å². The van der Waals surface area contributed by atoms with E-state index in [4.69, 9.17) is 4.74 Å². The van der Waals surface area contributed by atoms with Gasteiger partial charge in [-0.05, 0) is 43.2 Å². The molecule has 1 aromatic rings. The van der Waals surface area contributed by atoms with Crippen LogP contribution in [0.2, 0.25) is 0 Å². The number of amides is 2. The highest BCUT2D eigenvalue weighted by molar-refractivity contribution is 7.80. The standard InChI is InChI=1S/C20H26FN3O3S.H2/c1-2-20(12-28)10-23(11-20)17-6-5-14(7-16(17)21)24-9-15(27-19(24)26)8-22-18(25)13-3-4-13;/h5-7,13,15,28H,2-4,8-12H2,1H3,(H,22,25);1H/t15-;/m0./s1. The molecule has 0 spiro atoms. The molecule has 1 aromatic carbocycles. The molecule has 1 N–H and O–H groups in total. The van der Waals surface area contributed by atoms with E-state index in [2.05, 4.69) is 24.9 Å². The molecule has 2 saturated heterocycles. The van der Waals surface area contributed by atoms with Gasteiger partial charge in [0, 0.05) is 25.8 Å². The molecule has 0 bridgehead atoms. The molecule has 6 nitrogen and oxygen atoms in total. The van der Waals surface area contributed by atoms with Crippen LogP contribution < -0.4 is 15.1 Å². The zero-order valence-electron chi connectivity index (χ0n) is 16.0. The summed E-state index contributed by atoms with van der Waals surface area (Å²) in [6.07, 6.45) is 1.94. The van der Waals surface area contributed by atoms with Crippen LogP contribution in [0.3, 0.4) is 0 Å². The maximum Gasteiger partial charge on any atom is 0.414 e. The quantitative estimate of drug-likeness (QED) is 0.680. The number of rotatable bonds is 7. The lowest BCUT2D eigenvalue weighted by atomic mass is 9.79. The maximum atomic E-state index is 14.7. The molecule has 1 atom stereocenters. The van der Waals surface area contributed by atoms with Crippen LogP contribution >= 0.6 is 12.6 Å². The fourth-order valence-electron chi connectivity index (χ4n) is 3.83. The average molecular weight is 410 g/mol. The van der Waals surface area contributed by atoms with Gasteiger partial charge in [-0.3, -0.25) is 9.69 Å². The van der Waals surface area contributed by atoms with Crippen molar-refractivity contribution in [1.29, 1.82) is 0 Å². The molecule has 8 heteroatoms. The summed E-state index contributed by atoms with van der Waals surface area (Å²) in [7, 11) is 0. The second-order valence-electron chi connectivity index (χ2n) is 8.14. The number of carbonyl (C=O) groups is 2. The van der Waals surface area contributed by atoms with Crippen molar-refractivity contribution in [2.75, 3.05) is 41.7 Å². The highest BCUT2D eigenvalue weighted by Crippen LogP contribution is 2.40. The summed E-state index contributed by atoms with van der Waals surface area (Å²) in [5.41, 5.74) is 1.18. The molecule has 4 rings (SSSR count). The smallest absolute Gasteiger partial charge is 0.414 e. The lowest BCUT2D eigenvalue weighted by molar-refractivity contribution is -0.122. The predicted molar refractivity (Wildman–Crippen MR) is 111 cm³/mol. The maximum absolute atomic E-state index is 14.7. The molecule has 3 fully saturated rings. The van der Waals surface area contributed by atoms with E-state index in [1.807, 2.05) is 4.90 Å². The monoisotopic (exact) mass is 409 g/mol. The Balaban J connectivity index is 0.00000240. The van der Waals surface area contributed by atoms with E-state index in [0.717, 1.165) is 38.1 Å². The Labute approximate surface area is 171 Å². The van der Waals surface area contributed by atoms with E-state index < -0.39 is 12.2 Å². The molecule has 28 heavy (non-hydrogen) atoms. The van der Waals surface area contributed by atoms with E-state index in [-0.39, 0.29) is 31.0 Å². The Bertz CT molecular complexity index is 780. The molecule has 2 aliphatic heterocycles. The SMILES string of the molecule is CCC1(CS)CN(c2ccc(N3C[C@H](CNC(=O)C4CC4)OC3=O)cc2F)C1.[HH]. The van der Waals surface area contributed by atoms with Crippen LogP contribution in [0, 0.1) is 17.2 Å². The molecular weight excluding hydrogens is 381 g/mol. The van der Waals surface area contributed by atoms with E-state index >= 15 is 0 Å². The number of carbonyl (C=O) groups excluding carboxylic acids is 2. The third-order valence-corrected chi connectivity index (χ3v) is 6.72. The summed E-state index contributed by atoms with van der Waals surface area (Å²) in [5.74, 6) is 0.576. The highest BCUT2D eigenvalue weighted by atomic mass is 32.1.